The second-order valence-corrected chi connectivity index (χ2v) is 12.4. The quantitative estimate of drug-likeness (QED) is 0.113. The van der Waals surface area contributed by atoms with Crippen molar-refractivity contribution in [2.24, 2.45) is 5.73 Å². The first-order chi connectivity index (χ1) is 26.6. The van der Waals surface area contributed by atoms with Crippen LogP contribution in [0.4, 0.5) is 15.4 Å². The Labute approximate surface area is 319 Å². The van der Waals surface area contributed by atoms with Crippen molar-refractivity contribution in [2.45, 2.75) is 57.3 Å². The zero-order chi connectivity index (χ0) is 39.6. The van der Waals surface area contributed by atoms with Crippen LogP contribution in [0.5, 0.6) is 0 Å². The lowest BCUT2D eigenvalue weighted by Gasteiger charge is -2.22. The van der Waals surface area contributed by atoms with Crippen LogP contribution in [0.25, 0.3) is 0 Å². The molecular formula is C40H44N6O9. The molecule has 15 heteroatoms. The van der Waals surface area contributed by atoms with Crippen molar-refractivity contribution >= 4 is 35.9 Å². The molecular weight excluding hydrogens is 708 g/mol. The number of ether oxygens (including phenoxy) is 4. The molecule has 288 valence electrons. The van der Waals surface area contributed by atoms with E-state index in [1.807, 2.05) is 24.3 Å². The fraction of sp³-hybridized carbons (Fsp3) is 0.350. The number of methoxy groups -OCH3 is 2. The van der Waals surface area contributed by atoms with Crippen molar-refractivity contribution < 1.29 is 42.9 Å². The molecule has 4 rings (SSSR count). The molecule has 3 amide bonds. The third-order valence-electron chi connectivity index (χ3n) is 8.40. The maximum Gasteiger partial charge on any atom is 0.408 e. The Kier molecular flexibility index (Phi) is 15.9. The van der Waals surface area contributed by atoms with Crippen LogP contribution in [0.15, 0.2) is 60.8 Å². The number of nitrogens with zero attached hydrogens (tertiary/aromatic N) is 2. The van der Waals surface area contributed by atoms with Gasteiger partial charge in [-0.1, -0.05) is 54.0 Å². The standard InChI is InChI=1S/C40H44N6O9/c1-52-37(48)21-32-19-29(7-4-16-54-39(50)44-25-31-14-15-35(42)43-24-31)18-30(20-32)8-5-17-55-40(51)45-33-22-34(38(49)53-2)46(26-33)36(47)9-3-6-27-10-12-28(23-41)13-11-27/h10-15,18-20,24,33-34H,3,6,9,16-17,21-23,25-26,41H2,1-2H3,(H2,42,43)(H,44,50)(H,45,51). The summed E-state index contributed by atoms with van der Waals surface area (Å²) in [6, 6.07) is 14.9. The maximum absolute atomic E-state index is 13.1. The van der Waals surface area contributed by atoms with Crippen molar-refractivity contribution in [1.82, 2.24) is 20.5 Å². The average molecular weight is 753 g/mol. The van der Waals surface area contributed by atoms with Crippen LogP contribution in [0.1, 0.15) is 52.6 Å². The third-order valence-corrected chi connectivity index (χ3v) is 8.40. The molecule has 15 nitrogen and oxygen atoms in total. The van der Waals surface area contributed by atoms with Gasteiger partial charge in [-0.3, -0.25) is 9.59 Å². The number of nitrogens with two attached hydrogens (primary N) is 2. The van der Waals surface area contributed by atoms with E-state index >= 15 is 0 Å². The first-order valence-corrected chi connectivity index (χ1v) is 17.4. The number of aromatic nitrogens is 1. The van der Waals surface area contributed by atoms with Crippen LogP contribution in [-0.4, -0.2) is 86.0 Å². The highest BCUT2D eigenvalue weighted by molar-refractivity contribution is 5.85. The fourth-order valence-electron chi connectivity index (χ4n) is 5.64. The molecule has 0 saturated carbocycles. The van der Waals surface area contributed by atoms with Crippen LogP contribution in [0.2, 0.25) is 0 Å². The van der Waals surface area contributed by atoms with E-state index in [2.05, 4.69) is 39.3 Å². The molecule has 1 saturated heterocycles. The summed E-state index contributed by atoms with van der Waals surface area (Å²) in [7, 11) is 2.54. The number of anilines is 1. The Balaban J connectivity index is 1.28. The summed E-state index contributed by atoms with van der Waals surface area (Å²) in [6.45, 7) is 0.310. The van der Waals surface area contributed by atoms with Gasteiger partial charge in [0.2, 0.25) is 5.91 Å². The SMILES string of the molecule is COC(=O)Cc1cc(C#CCOC(=O)NCc2ccc(N)nc2)cc(C#CCOC(=O)NC2CC(C(=O)OC)N(C(=O)CCCc3ccc(CN)cc3)C2)c1. The molecule has 2 atom stereocenters. The van der Waals surface area contributed by atoms with E-state index in [1.165, 1.54) is 19.1 Å². The van der Waals surface area contributed by atoms with Crippen LogP contribution in [0.3, 0.4) is 0 Å². The molecule has 0 radical (unpaired) electrons. The minimum absolute atomic E-state index is 0.0327. The van der Waals surface area contributed by atoms with Gasteiger partial charge >= 0.3 is 24.1 Å². The molecule has 6 N–H and O–H groups in total. The van der Waals surface area contributed by atoms with Crippen LogP contribution in [0, 0.1) is 23.7 Å². The van der Waals surface area contributed by atoms with E-state index in [9.17, 15) is 24.0 Å². The molecule has 2 heterocycles. The van der Waals surface area contributed by atoms with Crippen molar-refractivity contribution in [3.63, 3.8) is 0 Å². The van der Waals surface area contributed by atoms with E-state index in [0.29, 0.717) is 41.9 Å². The average Bonchev–Trinajstić information content (AvgIpc) is 3.61. The molecule has 2 aromatic carbocycles. The van der Waals surface area contributed by atoms with Gasteiger partial charge in [-0.05, 0) is 59.4 Å². The lowest BCUT2D eigenvalue weighted by atomic mass is 10.0. The summed E-state index contributed by atoms with van der Waals surface area (Å²) in [6.07, 6.45) is 1.75. The number of benzene rings is 2. The predicted octanol–water partition coefficient (Wildman–Crippen LogP) is 2.36. The second kappa shape index (κ2) is 21.2. The lowest BCUT2D eigenvalue weighted by molar-refractivity contribution is -0.151. The molecule has 0 bridgehead atoms. The van der Waals surface area contributed by atoms with Crippen molar-refractivity contribution in [1.29, 1.82) is 0 Å². The van der Waals surface area contributed by atoms with Crippen molar-refractivity contribution in [2.75, 3.05) is 39.7 Å². The van der Waals surface area contributed by atoms with Crippen molar-refractivity contribution in [3.05, 3.63) is 94.2 Å². The number of aryl methyl sites for hydroxylation is 1. The number of pyridine rings is 1. The van der Waals surface area contributed by atoms with E-state index in [-0.39, 0.29) is 51.5 Å². The highest BCUT2D eigenvalue weighted by Crippen LogP contribution is 2.21. The molecule has 1 aromatic heterocycles. The van der Waals surface area contributed by atoms with Crippen LogP contribution in [-0.2, 0) is 59.3 Å². The number of esters is 2. The molecule has 0 spiro atoms. The Bertz CT molecular complexity index is 1950. The molecule has 3 aromatic rings. The summed E-state index contributed by atoms with van der Waals surface area (Å²) in [4.78, 5) is 67.7. The zero-order valence-corrected chi connectivity index (χ0v) is 30.7. The molecule has 55 heavy (non-hydrogen) atoms. The predicted molar refractivity (Wildman–Crippen MR) is 200 cm³/mol. The number of hydrogen-bond donors (Lipinski definition) is 4. The minimum Gasteiger partial charge on any atom is -0.469 e. The van der Waals surface area contributed by atoms with Crippen molar-refractivity contribution in [3.8, 4) is 23.7 Å². The zero-order valence-electron chi connectivity index (χ0n) is 30.7. The number of alkyl carbamates (subject to hydrolysis) is 2. The van der Waals surface area contributed by atoms with Gasteiger partial charge in [0.1, 0.15) is 11.9 Å². The first kappa shape index (κ1) is 41.2. The van der Waals surface area contributed by atoms with E-state index in [4.69, 9.17) is 30.4 Å². The number of hydrogen-bond acceptors (Lipinski definition) is 12. The largest absolute Gasteiger partial charge is 0.469 e. The number of likely N-dealkylation sites (tertiary alicyclic amines) is 1. The second-order valence-electron chi connectivity index (χ2n) is 12.4. The highest BCUT2D eigenvalue weighted by Gasteiger charge is 2.40. The summed E-state index contributed by atoms with van der Waals surface area (Å²) in [5, 5.41) is 5.30. The van der Waals surface area contributed by atoms with Gasteiger partial charge in [0, 0.05) is 49.8 Å². The molecule has 0 aliphatic carbocycles. The molecule has 1 aliphatic heterocycles. The topological polar surface area (TPSA) is 214 Å². The van der Waals surface area contributed by atoms with Gasteiger partial charge in [-0.25, -0.2) is 19.4 Å². The van der Waals surface area contributed by atoms with Crippen LogP contribution < -0.4 is 22.1 Å². The minimum atomic E-state index is -0.831. The monoisotopic (exact) mass is 752 g/mol. The smallest absolute Gasteiger partial charge is 0.408 e. The van der Waals surface area contributed by atoms with E-state index in [0.717, 1.165) is 16.7 Å². The number of nitrogen functional groups attached to an aromatic ring is 1. The maximum atomic E-state index is 13.1. The summed E-state index contributed by atoms with van der Waals surface area (Å²) >= 11 is 0. The van der Waals surface area contributed by atoms with Gasteiger partial charge in [0.05, 0.1) is 26.7 Å². The molecule has 2 unspecified atom stereocenters. The molecule has 1 aliphatic rings. The number of carbonyl (C=O) groups excluding carboxylic acids is 5. The van der Waals surface area contributed by atoms with E-state index < -0.39 is 36.2 Å². The highest BCUT2D eigenvalue weighted by atomic mass is 16.6. The first-order valence-electron chi connectivity index (χ1n) is 17.4. The number of nitrogens with one attached hydrogen (secondary N) is 2. The normalized spacial score (nSPS) is 14.3. The third kappa shape index (κ3) is 13.7. The Hall–Kier alpha value is -6.58. The lowest BCUT2D eigenvalue weighted by Crippen LogP contribution is -2.42. The Morgan fingerprint density at radius 2 is 1.51 bits per heavy atom. The summed E-state index contributed by atoms with van der Waals surface area (Å²) in [5.41, 5.74) is 15.7. The fourth-order valence-corrected chi connectivity index (χ4v) is 5.64. The number of carbonyl (C=O) groups is 5. The number of amides is 3. The Morgan fingerprint density at radius 3 is 2.13 bits per heavy atom. The Morgan fingerprint density at radius 1 is 0.855 bits per heavy atom. The molecule has 1 fully saturated rings. The van der Waals surface area contributed by atoms with Gasteiger partial charge < -0.3 is 45.9 Å². The summed E-state index contributed by atoms with van der Waals surface area (Å²) in [5.74, 6) is 10.5. The van der Waals surface area contributed by atoms with E-state index in [1.54, 1.807) is 36.5 Å². The van der Waals surface area contributed by atoms with Gasteiger partial charge in [-0.2, -0.15) is 0 Å². The van der Waals surface area contributed by atoms with Gasteiger partial charge in [-0.15, -0.1) is 0 Å². The van der Waals surface area contributed by atoms with Crippen LogP contribution >= 0.6 is 0 Å². The van der Waals surface area contributed by atoms with Gasteiger partial charge in [0.15, 0.2) is 13.2 Å². The number of rotatable bonds is 13. The van der Waals surface area contributed by atoms with Gasteiger partial charge in [0.25, 0.3) is 0 Å². The summed E-state index contributed by atoms with van der Waals surface area (Å²) < 4.78 is 20.1.